The van der Waals surface area contributed by atoms with Gasteiger partial charge in [-0.15, -0.1) is 0 Å². The third-order valence-corrected chi connectivity index (χ3v) is 4.39. The third kappa shape index (κ3) is 4.56. The van der Waals surface area contributed by atoms with Gasteiger partial charge in [0.25, 0.3) is 0 Å². The fourth-order valence-electron chi connectivity index (χ4n) is 2.60. The Morgan fingerprint density at radius 3 is 2.73 bits per heavy atom. The molecule has 0 saturated carbocycles. The van der Waals surface area contributed by atoms with Crippen molar-refractivity contribution in [2.24, 2.45) is 15.4 Å². The van der Waals surface area contributed by atoms with Crippen molar-refractivity contribution in [3.05, 3.63) is 23.0 Å². The standard InChI is InChI=1S/C17H25ClN6O2/c1-17(2,3)15(25)23-16-19-9-11(10-20-16)14-21-12(18)8-13(22-14)24-4-6-26-7-5-24/h8-10,14,16,19,21H,4-7H2,1-3H3,(H,23,25). The quantitative estimate of drug-likeness (QED) is 0.614. The molecule has 3 N–H and O–H groups in total. The average Bonchev–Trinajstić information content (AvgIpc) is 2.62. The van der Waals surface area contributed by atoms with Gasteiger partial charge in [0.05, 0.1) is 13.2 Å². The minimum atomic E-state index is -0.484. The minimum Gasteiger partial charge on any atom is -0.378 e. The maximum atomic E-state index is 12.1. The Kier molecular flexibility index (Phi) is 5.52. The molecule has 0 aromatic heterocycles. The number of hydrogen-bond acceptors (Lipinski definition) is 7. The van der Waals surface area contributed by atoms with Crippen molar-refractivity contribution >= 4 is 29.6 Å². The number of amides is 1. The van der Waals surface area contributed by atoms with Crippen molar-refractivity contribution in [1.82, 2.24) is 20.9 Å². The lowest BCUT2D eigenvalue weighted by molar-refractivity contribution is -0.129. The van der Waals surface area contributed by atoms with Crippen LogP contribution in [0.4, 0.5) is 0 Å². The molecule has 2 atom stereocenters. The van der Waals surface area contributed by atoms with Crippen LogP contribution in [0.3, 0.4) is 0 Å². The van der Waals surface area contributed by atoms with E-state index in [1.165, 1.54) is 0 Å². The third-order valence-electron chi connectivity index (χ3n) is 4.17. The molecule has 0 bridgehead atoms. The predicted molar refractivity (Wildman–Crippen MR) is 102 cm³/mol. The first kappa shape index (κ1) is 18.7. The lowest BCUT2D eigenvalue weighted by Crippen LogP contribution is -2.49. The van der Waals surface area contributed by atoms with E-state index in [0.717, 1.165) is 24.5 Å². The number of aliphatic imine (C=N–C) groups is 2. The summed E-state index contributed by atoms with van der Waals surface area (Å²) >= 11 is 6.25. The highest BCUT2D eigenvalue weighted by atomic mass is 35.5. The van der Waals surface area contributed by atoms with Crippen LogP contribution >= 0.6 is 11.6 Å². The number of nitrogens with one attached hydrogen (secondary N) is 3. The van der Waals surface area contributed by atoms with Crippen LogP contribution in [0.2, 0.25) is 0 Å². The summed E-state index contributed by atoms with van der Waals surface area (Å²) in [6.07, 6.45) is 4.51. The van der Waals surface area contributed by atoms with E-state index >= 15 is 0 Å². The van der Waals surface area contributed by atoms with E-state index in [9.17, 15) is 4.79 Å². The lowest BCUT2D eigenvalue weighted by atomic mass is 9.96. The van der Waals surface area contributed by atoms with Crippen molar-refractivity contribution in [1.29, 1.82) is 0 Å². The molecule has 1 fully saturated rings. The van der Waals surface area contributed by atoms with Gasteiger partial charge in [-0.3, -0.25) is 4.79 Å². The minimum absolute atomic E-state index is 0.0709. The molecule has 0 aromatic carbocycles. The van der Waals surface area contributed by atoms with E-state index in [0.29, 0.717) is 18.4 Å². The number of carbonyl (C=O) groups is 1. The van der Waals surface area contributed by atoms with Crippen LogP contribution in [0.5, 0.6) is 0 Å². The van der Waals surface area contributed by atoms with Gasteiger partial charge in [-0.05, 0) is 0 Å². The highest BCUT2D eigenvalue weighted by Crippen LogP contribution is 2.17. The highest BCUT2D eigenvalue weighted by Gasteiger charge is 2.26. The first-order valence-electron chi connectivity index (χ1n) is 8.67. The molecule has 3 rings (SSSR count). The van der Waals surface area contributed by atoms with Crippen LogP contribution in [0.15, 0.2) is 33.0 Å². The highest BCUT2D eigenvalue weighted by molar-refractivity contribution is 6.31. The summed E-state index contributed by atoms with van der Waals surface area (Å²) in [5.74, 6) is 0.762. The van der Waals surface area contributed by atoms with E-state index in [-0.39, 0.29) is 12.1 Å². The molecule has 8 nitrogen and oxygen atoms in total. The van der Waals surface area contributed by atoms with Crippen LogP contribution in [0.1, 0.15) is 20.8 Å². The van der Waals surface area contributed by atoms with Crippen LogP contribution in [0.25, 0.3) is 0 Å². The molecule has 3 aliphatic heterocycles. The summed E-state index contributed by atoms with van der Waals surface area (Å²) in [4.78, 5) is 23.3. The fourth-order valence-corrected chi connectivity index (χ4v) is 2.80. The molecule has 0 aromatic rings. The Morgan fingerprint density at radius 1 is 1.38 bits per heavy atom. The maximum Gasteiger partial charge on any atom is 0.228 e. The van der Waals surface area contributed by atoms with Crippen molar-refractivity contribution in [2.45, 2.75) is 33.2 Å². The Bertz CT molecular complexity index is 673. The molecule has 0 aliphatic carbocycles. The lowest BCUT2D eigenvalue weighted by Gasteiger charge is -2.32. The van der Waals surface area contributed by atoms with Gasteiger partial charge in [0, 0.05) is 42.6 Å². The number of amidine groups is 1. The molecule has 1 saturated heterocycles. The van der Waals surface area contributed by atoms with Crippen LogP contribution in [-0.2, 0) is 9.53 Å². The van der Waals surface area contributed by atoms with Gasteiger partial charge in [0.15, 0.2) is 12.5 Å². The molecule has 3 heterocycles. The van der Waals surface area contributed by atoms with Gasteiger partial charge in [-0.1, -0.05) is 32.4 Å². The van der Waals surface area contributed by atoms with Gasteiger partial charge in [-0.25, -0.2) is 9.98 Å². The zero-order chi connectivity index (χ0) is 18.7. The number of morpholine rings is 1. The number of ether oxygens (including phenoxy) is 1. The monoisotopic (exact) mass is 380 g/mol. The molecule has 2 unspecified atom stereocenters. The summed E-state index contributed by atoms with van der Waals surface area (Å²) < 4.78 is 5.38. The molecule has 26 heavy (non-hydrogen) atoms. The summed E-state index contributed by atoms with van der Waals surface area (Å²) in [6, 6.07) is 0. The smallest absolute Gasteiger partial charge is 0.228 e. The summed E-state index contributed by atoms with van der Waals surface area (Å²) in [6.45, 7) is 8.53. The summed E-state index contributed by atoms with van der Waals surface area (Å²) in [5, 5.41) is 9.59. The molecule has 142 valence electrons. The van der Waals surface area contributed by atoms with Gasteiger partial charge in [0.2, 0.25) is 5.91 Å². The summed E-state index contributed by atoms with van der Waals surface area (Å²) in [5.41, 5.74) is 0.366. The second kappa shape index (κ2) is 7.67. The van der Waals surface area contributed by atoms with Crippen molar-refractivity contribution < 1.29 is 9.53 Å². The Hall–Kier alpha value is -2.06. The first-order chi connectivity index (χ1) is 12.3. The number of rotatable bonds is 2. The molecular weight excluding hydrogens is 356 g/mol. The number of nitrogens with zero attached hydrogens (tertiary/aromatic N) is 3. The second-order valence-corrected chi connectivity index (χ2v) is 7.75. The normalized spacial score (nSPS) is 26.2. The Labute approximate surface area is 158 Å². The largest absolute Gasteiger partial charge is 0.378 e. The van der Waals surface area contributed by atoms with Gasteiger partial charge in [0.1, 0.15) is 11.0 Å². The topological polar surface area (TPSA) is 90.4 Å². The van der Waals surface area contributed by atoms with Gasteiger partial charge >= 0.3 is 0 Å². The molecule has 0 spiro atoms. The number of carbonyl (C=O) groups excluding carboxylic acids is 1. The van der Waals surface area contributed by atoms with Crippen LogP contribution in [-0.4, -0.2) is 61.6 Å². The molecule has 1 amide bonds. The molecular formula is C17H25ClN6O2. The molecule has 9 heteroatoms. The van der Waals surface area contributed by atoms with Crippen LogP contribution in [0, 0.1) is 5.41 Å². The van der Waals surface area contributed by atoms with E-state index in [1.807, 2.05) is 26.8 Å². The second-order valence-electron chi connectivity index (χ2n) is 7.34. The average molecular weight is 381 g/mol. The zero-order valence-electron chi connectivity index (χ0n) is 15.3. The Balaban J connectivity index is 1.64. The predicted octanol–water partition coefficient (Wildman–Crippen LogP) is 0.730. The van der Waals surface area contributed by atoms with Gasteiger partial charge in [-0.2, -0.15) is 0 Å². The van der Waals surface area contributed by atoms with Crippen molar-refractivity contribution in [3.8, 4) is 0 Å². The van der Waals surface area contributed by atoms with E-state index in [4.69, 9.17) is 21.3 Å². The number of hydrogen-bond donors (Lipinski definition) is 3. The van der Waals surface area contributed by atoms with Crippen molar-refractivity contribution in [2.75, 3.05) is 26.3 Å². The summed E-state index contributed by atoms with van der Waals surface area (Å²) in [7, 11) is 0. The number of halogens is 1. The van der Waals surface area contributed by atoms with Crippen molar-refractivity contribution in [3.63, 3.8) is 0 Å². The SMILES string of the molecule is CC(C)(C)C(=O)NC1N=CC(C2N=C(N3CCOCC3)C=C(Cl)N2)=CN1. The molecule has 3 aliphatic rings. The van der Waals surface area contributed by atoms with E-state index in [2.05, 4.69) is 25.8 Å². The molecule has 0 radical (unpaired) electrons. The Morgan fingerprint density at radius 2 is 2.12 bits per heavy atom. The zero-order valence-corrected chi connectivity index (χ0v) is 16.0. The van der Waals surface area contributed by atoms with E-state index < -0.39 is 11.7 Å². The maximum absolute atomic E-state index is 12.1. The van der Waals surface area contributed by atoms with Gasteiger partial charge < -0.3 is 25.6 Å². The fraction of sp³-hybridized carbons (Fsp3) is 0.588. The van der Waals surface area contributed by atoms with Crippen LogP contribution < -0.4 is 16.0 Å². The van der Waals surface area contributed by atoms with E-state index in [1.54, 1.807) is 12.4 Å². The first-order valence-corrected chi connectivity index (χ1v) is 9.05.